The van der Waals surface area contributed by atoms with Crippen LogP contribution in [0.5, 0.6) is 0 Å². The SMILES string of the molecule is C[C@H]1C[C@@H]2[C@@H](CC(=O)N2Cc2ccc(C(F)(F)F)cc2)[C@@H]1CNC(=O)C1CCOCC1. The van der Waals surface area contributed by atoms with Crippen LogP contribution in [0.25, 0.3) is 0 Å². The number of carbonyl (C=O) groups excluding carboxylic acids is 2. The highest BCUT2D eigenvalue weighted by atomic mass is 19.4. The molecule has 0 bridgehead atoms. The van der Waals surface area contributed by atoms with E-state index in [4.69, 9.17) is 4.74 Å². The molecule has 170 valence electrons. The normalized spacial score (nSPS) is 29.3. The first-order valence-corrected chi connectivity index (χ1v) is 11.0. The van der Waals surface area contributed by atoms with Gasteiger partial charge in [-0.15, -0.1) is 0 Å². The predicted octanol–water partition coefficient (Wildman–Crippen LogP) is 3.62. The third kappa shape index (κ3) is 4.73. The van der Waals surface area contributed by atoms with Crippen LogP contribution in [-0.2, 0) is 27.0 Å². The monoisotopic (exact) mass is 438 g/mol. The van der Waals surface area contributed by atoms with Crippen molar-refractivity contribution in [1.29, 1.82) is 0 Å². The van der Waals surface area contributed by atoms with E-state index in [-0.39, 0.29) is 35.6 Å². The van der Waals surface area contributed by atoms with E-state index in [9.17, 15) is 22.8 Å². The fourth-order valence-electron chi connectivity index (χ4n) is 5.46. The number of amides is 2. The first-order chi connectivity index (χ1) is 14.7. The van der Waals surface area contributed by atoms with E-state index in [0.717, 1.165) is 31.4 Å². The minimum Gasteiger partial charge on any atom is -0.381 e. The van der Waals surface area contributed by atoms with Gasteiger partial charge >= 0.3 is 6.18 Å². The fraction of sp³-hybridized carbons (Fsp3) is 0.652. The largest absolute Gasteiger partial charge is 0.416 e. The lowest BCUT2D eigenvalue weighted by Crippen LogP contribution is -2.39. The summed E-state index contributed by atoms with van der Waals surface area (Å²) in [7, 11) is 0. The number of alkyl halides is 3. The van der Waals surface area contributed by atoms with Gasteiger partial charge in [0.15, 0.2) is 0 Å². The zero-order chi connectivity index (χ0) is 22.2. The zero-order valence-corrected chi connectivity index (χ0v) is 17.7. The van der Waals surface area contributed by atoms with Crippen LogP contribution in [0.15, 0.2) is 24.3 Å². The molecule has 2 saturated heterocycles. The van der Waals surface area contributed by atoms with Crippen molar-refractivity contribution in [2.24, 2.45) is 23.7 Å². The minimum atomic E-state index is -4.36. The van der Waals surface area contributed by atoms with E-state index in [1.165, 1.54) is 12.1 Å². The van der Waals surface area contributed by atoms with Gasteiger partial charge in [0, 0.05) is 44.7 Å². The fourth-order valence-corrected chi connectivity index (χ4v) is 5.46. The summed E-state index contributed by atoms with van der Waals surface area (Å²) < 4.78 is 43.7. The standard InChI is InChI=1S/C23H29F3N2O3/c1-14-10-20-18(19(14)12-27-22(30)16-6-8-31-9-7-16)11-21(29)28(20)13-15-2-4-17(5-3-15)23(24,25)26/h2-5,14,16,18-20H,6-13H2,1H3,(H,27,30)/t14-,18-,19+,20+/m0/s1. The molecule has 0 radical (unpaired) electrons. The molecule has 4 rings (SSSR count). The van der Waals surface area contributed by atoms with Crippen LogP contribution in [0.3, 0.4) is 0 Å². The molecular weight excluding hydrogens is 409 g/mol. The number of hydrogen-bond donors (Lipinski definition) is 1. The predicted molar refractivity (Wildman–Crippen MR) is 108 cm³/mol. The van der Waals surface area contributed by atoms with Crippen LogP contribution >= 0.6 is 0 Å². The number of fused-ring (bicyclic) bond motifs is 1. The summed E-state index contributed by atoms with van der Waals surface area (Å²) in [5, 5.41) is 3.11. The second-order valence-corrected chi connectivity index (χ2v) is 9.16. The molecule has 3 fully saturated rings. The molecule has 2 aliphatic heterocycles. The summed E-state index contributed by atoms with van der Waals surface area (Å²) in [4.78, 5) is 27.0. The molecule has 1 aromatic carbocycles. The van der Waals surface area contributed by atoms with Gasteiger partial charge in [0.25, 0.3) is 0 Å². The third-order valence-electron chi connectivity index (χ3n) is 7.26. The number of hydrogen-bond acceptors (Lipinski definition) is 3. The molecule has 4 atom stereocenters. The topological polar surface area (TPSA) is 58.6 Å². The lowest BCUT2D eigenvalue weighted by atomic mass is 9.88. The van der Waals surface area contributed by atoms with Crippen molar-refractivity contribution in [3.8, 4) is 0 Å². The maximum absolute atomic E-state index is 12.8. The van der Waals surface area contributed by atoms with Crippen LogP contribution in [0, 0.1) is 23.7 Å². The van der Waals surface area contributed by atoms with Crippen molar-refractivity contribution >= 4 is 11.8 Å². The Hall–Kier alpha value is -2.09. The van der Waals surface area contributed by atoms with Gasteiger partial charge < -0.3 is 15.0 Å². The quantitative estimate of drug-likeness (QED) is 0.764. The second kappa shape index (κ2) is 8.81. The molecule has 1 N–H and O–H groups in total. The van der Waals surface area contributed by atoms with Crippen LogP contribution in [0.1, 0.15) is 43.7 Å². The van der Waals surface area contributed by atoms with Crippen molar-refractivity contribution in [3.63, 3.8) is 0 Å². The maximum Gasteiger partial charge on any atom is 0.416 e. The van der Waals surface area contributed by atoms with Crippen LogP contribution in [0.2, 0.25) is 0 Å². The summed E-state index contributed by atoms with van der Waals surface area (Å²) in [6, 6.07) is 5.12. The van der Waals surface area contributed by atoms with Crippen LogP contribution in [-0.4, -0.2) is 42.5 Å². The summed E-state index contributed by atoms with van der Waals surface area (Å²) in [5.41, 5.74) is 0.0163. The van der Waals surface area contributed by atoms with Gasteiger partial charge in [-0.25, -0.2) is 0 Å². The number of carbonyl (C=O) groups is 2. The van der Waals surface area contributed by atoms with Gasteiger partial charge in [-0.3, -0.25) is 9.59 Å². The molecule has 31 heavy (non-hydrogen) atoms. The molecule has 5 nitrogen and oxygen atoms in total. The van der Waals surface area contributed by atoms with E-state index in [1.54, 1.807) is 0 Å². The summed E-state index contributed by atoms with van der Waals surface area (Å²) >= 11 is 0. The van der Waals surface area contributed by atoms with E-state index in [2.05, 4.69) is 12.2 Å². The van der Waals surface area contributed by atoms with E-state index in [1.807, 2.05) is 4.90 Å². The molecule has 0 spiro atoms. The van der Waals surface area contributed by atoms with Crippen molar-refractivity contribution in [2.45, 2.75) is 51.4 Å². The molecule has 2 heterocycles. The van der Waals surface area contributed by atoms with E-state index in [0.29, 0.717) is 44.2 Å². The summed E-state index contributed by atoms with van der Waals surface area (Å²) in [6.07, 6.45) is -1.58. The summed E-state index contributed by atoms with van der Waals surface area (Å²) in [6.45, 7) is 4.29. The van der Waals surface area contributed by atoms with E-state index < -0.39 is 11.7 Å². The van der Waals surface area contributed by atoms with Crippen molar-refractivity contribution in [1.82, 2.24) is 10.2 Å². The number of halogens is 3. The third-order valence-corrected chi connectivity index (χ3v) is 7.26. The Morgan fingerprint density at radius 3 is 2.52 bits per heavy atom. The van der Waals surface area contributed by atoms with E-state index >= 15 is 0 Å². The highest BCUT2D eigenvalue weighted by Gasteiger charge is 2.50. The molecular formula is C23H29F3N2O3. The smallest absolute Gasteiger partial charge is 0.381 e. The Morgan fingerprint density at radius 1 is 1.19 bits per heavy atom. The zero-order valence-electron chi connectivity index (χ0n) is 17.7. The number of rotatable bonds is 5. The Kier molecular flexibility index (Phi) is 6.28. The Bertz CT molecular complexity index is 805. The lowest BCUT2D eigenvalue weighted by Gasteiger charge is -2.25. The minimum absolute atomic E-state index is 0.00244. The molecule has 8 heteroatoms. The highest BCUT2D eigenvalue weighted by Crippen LogP contribution is 2.46. The number of nitrogens with zero attached hydrogens (tertiary/aromatic N) is 1. The van der Waals surface area contributed by atoms with Crippen LogP contribution in [0.4, 0.5) is 13.2 Å². The number of nitrogens with one attached hydrogen (secondary N) is 1. The average molecular weight is 438 g/mol. The van der Waals surface area contributed by atoms with Crippen LogP contribution < -0.4 is 5.32 Å². The van der Waals surface area contributed by atoms with Gasteiger partial charge in [-0.2, -0.15) is 13.2 Å². The van der Waals surface area contributed by atoms with Gasteiger partial charge in [-0.1, -0.05) is 19.1 Å². The first kappa shape index (κ1) is 22.1. The van der Waals surface area contributed by atoms with Crippen molar-refractivity contribution < 1.29 is 27.5 Å². The molecule has 0 unspecified atom stereocenters. The molecule has 1 aliphatic carbocycles. The Labute approximate surface area is 180 Å². The number of likely N-dealkylation sites (tertiary alicyclic amines) is 1. The van der Waals surface area contributed by atoms with Gasteiger partial charge in [0.1, 0.15) is 0 Å². The van der Waals surface area contributed by atoms with Crippen molar-refractivity contribution in [3.05, 3.63) is 35.4 Å². The van der Waals surface area contributed by atoms with Gasteiger partial charge in [0.05, 0.1) is 5.56 Å². The number of benzene rings is 1. The molecule has 0 aromatic heterocycles. The second-order valence-electron chi connectivity index (χ2n) is 9.16. The molecule has 3 aliphatic rings. The molecule has 2 amide bonds. The van der Waals surface area contributed by atoms with Gasteiger partial charge in [0.2, 0.25) is 11.8 Å². The molecule has 1 aromatic rings. The molecule has 1 saturated carbocycles. The highest BCUT2D eigenvalue weighted by molar-refractivity contribution is 5.80. The average Bonchev–Trinajstić information content (AvgIpc) is 3.20. The van der Waals surface area contributed by atoms with Gasteiger partial charge in [-0.05, 0) is 54.7 Å². The Balaban J connectivity index is 1.37. The number of ether oxygens (including phenoxy) is 1. The maximum atomic E-state index is 12.8. The Morgan fingerprint density at radius 2 is 1.87 bits per heavy atom. The summed E-state index contributed by atoms with van der Waals surface area (Å²) in [5.74, 6) is 0.894. The van der Waals surface area contributed by atoms with Crippen molar-refractivity contribution in [2.75, 3.05) is 19.8 Å². The lowest BCUT2D eigenvalue weighted by molar-refractivity contribution is -0.137. The first-order valence-electron chi connectivity index (χ1n) is 11.0.